The molecule has 210 valence electrons. The number of sulfone groups is 1. The number of aromatic nitrogens is 2. The third-order valence-corrected chi connectivity index (χ3v) is 9.40. The van der Waals surface area contributed by atoms with Gasteiger partial charge in [-0.05, 0) is 54.9 Å². The zero-order valence-corrected chi connectivity index (χ0v) is 22.9. The van der Waals surface area contributed by atoms with Gasteiger partial charge in [-0.15, -0.1) is 11.3 Å². The summed E-state index contributed by atoms with van der Waals surface area (Å²) in [6, 6.07) is 7.36. The van der Waals surface area contributed by atoms with E-state index >= 15 is 8.78 Å². The molecule has 4 aromatic rings. The Morgan fingerprint density at radius 2 is 1.68 bits per heavy atom. The van der Waals surface area contributed by atoms with Crippen LogP contribution in [0.3, 0.4) is 0 Å². The highest BCUT2D eigenvalue weighted by Gasteiger charge is 2.27. The number of thiazole rings is 1. The van der Waals surface area contributed by atoms with Crippen LogP contribution in [0.4, 0.5) is 17.6 Å². The van der Waals surface area contributed by atoms with Crippen molar-refractivity contribution in [1.29, 1.82) is 0 Å². The van der Waals surface area contributed by atoms with Gasteiger partial charge in [-0.1, -0.05) is 6.07 Å². The van der Waals surface area contributed by atoms with E-state index in [2.05, 4.69) is 14.9 Å². The number of benzene rings is 2. The molecule has 40 heavy (non-hydrogen) atoms. The first kappa shape index (κ1) is 28.3. The predicted molar refractivity (Wildman–Crippen MR) is 144 cm³/mol. The van der Waals surface area contributed by atoms with Crippen LogP contribution < -0.4 is 0 Å². The van der Waals surface area contributed by atoms with Crippen LogP contribution in [0.15, 0.2) is 59.8 Å². The summed E-state index contributed by atoms with van der Waals surface area (Å²) in [6.45, 7) is 3.89. The van der Waals surface area contributed by atoms with E-state index in [1.54, 1.807) is 24.5 Å². The number of aryl methyl sites for hydroxylation is 1. The Morgan fingerprint density at radius 3 is 2.42 bits per heavy atom. The van der Waals surface area contributed by atoms with E-state index in [0.717, 1.165) is 44.3 Å². The molecular formula is C28H25F4N3O3S2. The van der Waals surface area contributed by atoms with E-state index in [-0.39, 0.29) is 11.3 Å². The van der Waals surface area contributed by atoms with E-state index in [1.165, 1.54) is 11.3 Å². The number of pyridine rings is 1. The minimum atomic E-state index is -4.50. The lowest BCUT2D eigenvalue weighted by atomic mass is 10.0. The smallest absolute Gasteiger partial charge is 0.185 e. The second-order valence-electron chi connectivity index (χ2n) is 9.31. The van der Waals surface area contributed by atoms with Crippen LogP contribution in [0.25, 0.3) is 21.7 Å². The third kappa shape index (κ3) is 6.25. The van der Waals surface area contributed by atoms with Crippen LogP contribution in [-0.4, -0.2) is 56.1 Å². The maximum atomic E-state index is 15.9. The lowest BCUT2D eigenvalue weighted by molar-refractivity contribution is 0.0374. The first-order valence-electron chi connectivity index (χ1n) is 12.6. The van der Waals surface area contributed by atoms with Gasteiger partial charge in [0.05, 0.1) is 40.1 Å². The van der Waals surface area contributed by atoms with E-state index in [0.29, 0.717) is 47.2 Å². The number of hydrogen-bond donors (Lipinski definition) is 0. The van der Waals surface area contributed by atoms with E-state index in [9.17, 15) is 17.2 Å². The van der Waals surface area contributed by atoms with E-state index < -0.39 is 49.3 Å². The molecule has 0 aliphatic carbocycles. The Morgan fingerprint density at radius 1 is 0.950 bits per heavy atom. The van der Waals surface area contributed by atoms with Crippen molar-refractivity contribution in [3.8, 4) is 21.7 Å². The quantitative estimate of drug-likeness (QED) is 0.234. The average molecular weight is 592 g/mol. The molecular weight excluding hydrogens is 566 g/mol. The van der Waals surface area contributed by atoms with Crippen molar-refractivity contribution >= 4 is 21.2 Å². The first-order valence-corrected chi connectivity index (χ1v) is 15.0. The van der Waals surface area contributed by atoms with Crippen molar-refractivity contribution < 1.29 is 30.7 Å². The van der Waals surface area contributed by atoms with Gasteiger partial charge in [-0.2, -0.15) is 0 Å². The number of ether oxygens (including phenoxy) is 1. The van der Waals surface area contributed by atoms with Crippen molar-refractivity contribution in [3.63, 3.8) is 0 Å². The zero-order valence-electron chi connectivity index (χ0n) is 21.2. The standard InChI is InChI=1S/C28H25F4N3O3S2/c29-20-4-6-21(30)23(16-20)40(36,37)17-19-3-5-22(31)25(26(19)32)27-28(18-7-9-33-10-8-18)39-24(34-27)2-1-11-35-12-14-38-15-13-35/h3-10,16H,1-2,11-15,17H2. The highest BCUT2D eigenvalue weighted by Crippen LogP contribution is 2.40. The average Bonchev–Trinajstić information content (AvgIpc) is 3.36. The van der Waals surface area contributed by atoms with Gasteiger partial charge in [0.1, 0.15) is 28.2 Å². The first-order chi connectivity index (χ1) is 19.2. The van der Waals surface area contributed by atoms with Crippen LogP contribution in [-0.2, 0) is 26.7 Å². The second kappa shape index (κ2) is 12.1. The summed E-state index contributed by atoms with van der Waals surface area (Å²) in [5.74, 6) is -5.15. The Kier molecular flexibility index (Phi) is 8.60. The number of morpholine rings is 1. The molecule has 6 nitrogen and oxygen atoms in total. The van der Waals surface area contributed by atoms with Gasteiger partial charge in [0, 0.05) is 37.5 Å². The predicted octanol–water partition coefficient (Wildman–Crippen LogP) is 5.67. The highest BCUT2D eigenvalue weighted by atomic mass is 32.2. The molecule has 0 bridgehead atoms. The molecule has 2 aromatic carbocycles. The lowest BCUT2D eigenvalue weighted by Gasteiger charge is -2.26. The largest absolute Gasteiger partial charge is 0.379 e. The molecule has 0 amide bonds. The van der Waals surface area contributed by atoms with Crippen LogP contribution in [0.2, 0.25) is 0 Å². The molecule has 1 aliphatic heterocycles. The second-order valence-corrected chi connectivity index (χ2v) is 12.3. The summed E-state index contributed by atoms with van der Waals surface area (Å²) in [6.07, 6.45) is 4.47. The van der Waals surface area contributed by atoms with Crippen molar-refractivity contribution in [1.82, 2.24) is 14.9 Å². The number of rotatable bonds is 9. The maximum Gasteiger partial charge on any atom is 0.185 e. The fraction of sp³-hybridized carbons (Fsp3) is 0.286. The molecule has 0 atom stereocenters. The van der Waals surface area contributed by atoms with Crippen LogP contribution in [0.5, 0.6) is 0 Å². The van der Waals surface area contributed by atoms with Crippen molar-refractivity contribution in [2.24, 2.45) is 0 Å². The number of halogens is 4. The molecule has 0 saturated carbocycles. The Labute approximate surface area is 233 Å². The monoisotopic (exact) mass is 591 g/mol. The Hall–Kier alpha value is -3.19. The SMILES string of the molecule is O=S(=O)(Cc1ccc(F)c(-c2nc(CCCN3CCOCC3)sc2-c2ccncc2)c1F)c1cc(F)ccc1F. The van der Waals surface area contributed by atoms with Crippen LogP contribution >= 0.6 is 11.3 Å². The van der Waals surface area contributed by atoms with Gasteiger partial charge in [0.25, 0.3) is 0 Å². The number of nitrogens with zero attached hydrogens (tertiary/aromatic N) is 3. The molecule has 1 saturated heterocycles. The van der Waals surface area contributed by atoms with Gasteiger partial charge >= 0.3 is 0 Å². The minimum Gasteiger partial charge on any atom is -0.379 e. The molecule has 3 heterocycles. The Balaban J connectivity index is 1.50. The summed E-state index contributed by atoms with van der Waals surface area (Å²) in [5.41, 5.74) is -0.165. The van der Waals surface area contributed by atoms with E-state index in [1.807, 2.05) is 0 Å². The lowest BCUT2D eigenvalue weighted by Crippen LogP contribution is -2.36. The molecule has 0 N–H and O–H groups in total. The number of hydrogen-bond acceptors (Lipinski definition) is 7. The highest BCUT2D eigenvalue weighted by molar-refractivity contribution is 7.90. The van der Waals surface area contributed by atoms with Crippen LogP contribution in [0.1, 0.15) is 17.0 Å². The topological polar surface area (TPSA) is 72.4 Å². The normalized spacial score (nSPS) is 14.5. The molecule has 5 rings (SSSR count). The molecule has 1 aliphatic rings. The Bertz CT molecular complexity index is 1610. The minimum absolute atomic E-state index is 0.0451. The summed E-state index contributed by atoms with van der Waals surface area (Å²) < 4.78 is 90.2. The third-order valence-electron chi connectivity index (χ3n) is 6.56. The fourth-order valence-electron chi connectivity index (χ4n) is 4.54. The fourth-order valence-corrected chi connectivity index (χ4v) is 7.10. The maximum absolute atomic E-state index is 15.9. The summed E-state index contributed by atoms with van der Waals surface area (Å²) in [4.78, 5) is 10.5. The summed E-state index contributed by atoms with van der Waals surface area (Å²) >= 11 is 1.31. The summed E-state index contributed by atoms with van der Waals surface area (Å²) in [7, 11) is -4.50. The molecule has 2 aromatic heterocycles. The molecule has 12 heteroatoms. The molecule has 0 radical (unpaired) electrons. The van der Waals surface area contributed by atoms with Crippen molar-refractivity contribution in [2.45, 2.75) is 23.5 Å². The van der Waals surface area contributed by atoms with Crippen molar-refractivity contribution in [2.75, 3.05) is 32.8 Å². The van der Waals surface area contributed by atoms with Gasteiger partial charge in [0.15, 0.2) is 9.84 Å². The van der Waals surface area contributed by atoms with E-state index in [4.69, 9.17) is 4.74 Å². The summed E-state index contributed by atoms with van der Waals surface area (Å²) in [5, 5.41) is 0.675. The van der Waals surface area contributed by atoms with Gasteiger partial charge in [-0.3, -0.25) is 9.88 Å². The van der Waals surface area contributed by atoms with Gasteiger partial charge < -0.3 is 4.74 Å². The van der Waals surface area contributed by atoms with Crippen molar-refractivity contribution in [3.05, 3.63) is 88.7 Å². The molecule has 0 spiro atoms. The van der Waals surface area contributed by atoms with Crippen LogP contribution in [0, 0.1) is 23.3 Å². The van der Waals surface area contributed by atoms with Gasteiger partial charge in [-0.25, -0.2) is 31.0 Å². The zero-order chi connectivity index (χ0) is 28.3. The molecule has 0 unspecified atom stereocenters. The molecule has 1 fully saturated rings. The van der Waals surface area contributed by atoms with Gasteiger partial charge in [0.2, 0.25) is 0 Å².